The van der Waals surface area contributed by atoms with Crippen molar-refractivity contribution in [3.05, 3.63) is 29.8 Å². The van der Waals surface area contributed by atoms with Gasteiger partial charge in [-0.05, 0) is 30.7 Å². The van der Waals surface area contributed by atoms with E-state index in [1.165, 1.54) is 10.6 Å². The van der Waals surface area contributed by atoms with Crippen molar-refractivity contribution in [3.8, 4) is 5.75 Å². The normalized spacial score (nSPS) is 17.3. The molecule has 1 aliphatic rings. The Balaban J connectivity index is 2.06. The second kappa shape index (κ2) is 6.44. The second-order valence-electron chi connectivity index (χ2n) is 5.04. The molecule has 0 atom stereocenters. The van der Waals surface area contributed by atoms with E-state index >= 15 is 0 Å². The first kappa shape index (κ1) is 15.8. The fourth-order valence-corrected chi connectivity index (χ4v) is 3.22. The van der Waals surface area contributed by atoms with Crippen LogP contribution < -0.4 is 4.74 Å². The summed E-state index contributed by atoms with van der Waals surface area (Å²) < 4.78 is 29.6. The zero-order valence-electron chi connectivity index (χ0n) is 12.3. The van der Waals surface area contributed by atoms with Gasteiger partial charge in [-0.25, -0.2) is 12.7 Å². The number of rotatable bonds is 3. The van der Waals surface area contributed by atoms with Crippen LogP contribution >= 0.6 is 0 Å². The first-order valence-corrected chi connectivity index (χ1v) is 8.65. The molecule has 0 saturated carbocycles. The SMILES string of the molecule is COc1ccc(C(=O)N2CCCN(S(C)(=O)=O)CC2)cc1. The van der Waals surface area contributed by atoms with Gasteiger partial charge in [0.2, 0.25) is 10.0 Å². The Morgan fingerprint density at radius 3 is 2.33 bits per heavy atom. The van der Waals surface area contributed by atoms with Crippen molar-refractivity contribution in [2.75, 3.05) is 39.5 Å². The molecule has 1 aromatic carbocycles. The molecular weight excluding hydrogens is 292 g/mol. The van der Waals surface area contributed by atoms with Crippen molar-refractivity contribution in [2.24, 2.45) is 0 Å². The summed E-state index contributed by atoms with van der Waals surface area (Å²) in [7, 11) is -1.62. The third-order valence-corrected chi connectivity index (χ3v) is 4.85. The Hall–Kier alpha value is -1.60. The molecule has 1 saturated heterocycles. The van der Waals surface area contributed by atoms with E-state index in [-0.39, 0.29) is 5.91 Å². The smallest absolute Gasteiger partial charge is 0.253 e. The maximum atomic E-state index is 12.4. The summed E-state index contributed by atoms with van der Waals surface area (Å²) in [5.74, 6) is 0.624. The van der Waals surface area contributed by atoms with Crippen LogP contribution in [0.25, 0.3) is 0 Å². The highest BCUT2D eigenvalue weighted by molar-refractivity contribution is 7.88. The van der Waals surface area contributed by atoms with Gasteiger partial charge in [-0.3, -0.25) is 4.79 Å². The third-order valence-electron chi connectivity index (χ3n) is 3.55. The third kappa shape index (κ3) is 3.95. The fourth-order valence-electron chi connectivity index (χ4n) is 2.34. The molecule has 0 aromatic heterocycles. The molecule has 2 rings (SSSR count). The van der Waals surface area contributed by atoms with E-state index in [2.05, 4.69) is 0 Å². The highest BCUT2D eigenvalue weighted by Crippen LogP contribution is 2.15. The Morgan fingerprint density at radius 1 is 1.10 bits per heavy atom. The minimum atomic E-state index is -3.19. The molecule has 21 heavy (non-hydrogen) atoms. The largest absolute Gasteiger partial charge is 0.497 e. The molecule has 1 fully saturated rings. The topological polar surface area (TPSA) is 66.9 Å². The highest BCUT2D eigenvalue weighted by Gasteiger charge is 2.24. The molecule has 7 heteroatoms. The number of amides is 1. The van der Waals surface area contributed by atoms with Crippen molar-refractivity contribution in [1.29, 1.82) is 0 Å². The van der Waals surface area contributed by atoms with E-state index in [9.17, 15) is 13.2 Å². The van der Waals surface area contributed by atoms with Gasteiger partial charge in [0.05, 0.1) is 13.4 Å². The maximum Gasteiger partial charge on any atom is 0.253 e. The number of benzene rings is 1. The van der Waals surface area contributed by atoms with E-state index in [1.807, 2.05) is 0 Å². The molecule has 0 aliphatic carbocycles. The van der Waals surface area contributed by atoms with Gasteiger partial charge in [-0.1, -0.05) is 0 Å². The van der Waals surface area contributed by atoms with Gasteiger partial charge in [0, 0.05) is 31.7 Å². The standard InChI is InChI=1S/C14H20N2O4S/c1-20-13-6-4-12(5-7-13)14(17)15-8-3-9-16(11-10-15)21(2,18)19/h4-7H,3,8-11H2,1-2H3. The average molecular weight is 312 g/mol. The molecule has 0 bridgehead atoms. The summed E-state index contributed by atoms with van der Waals surface area (Å²) in [4.78, 5) is 14.1. The quantitative estimate of drug-likeness (QED) is 0.828. The van der Waals surface area contributed by atoms with Gasteiger partial charge in [0.25, 0.3) is 5.91 Å². The van der Waals surface area contributed by atoms with E-state index in [1.54, 1.807) is 36.3 Å². The van der Waals surface area contributed by atoms with E-state index in [0.29, 0.717) is 43.9 Å². The number of hydrogen-bond donors (Lipinski definition) is 0. The van der Waals surface area contributed by atoms with Crippen molar-refractivity contribution in [3.63, 3.8) is 0 Å². The first-order chi connectivity index (χ1) is 9.91. The molecule has 0 N–H and O–H groups in total. The molecule has 1 heterocycles. The number of methoxy groups -OCH3 is 1. The van der Waals surface area contributed by atoms with Crippen LogP contribution in [0.5, 0.6) is 5.75 Å². The summed E-state index contributed by atoms with van der Waals surface area (Å²) >= 11 is 0. The molecule has 6 nitrogen and oxygen atoms in total. The van der Waals surface area contributed by atoms with E-state index in [0.717, 1.165) is 0 Å². The van der Waals surface area contributed by atoms with Crippen LogP contribution in [0, 0.1) is 0 Å². The monoisotopic (exact) mass is 312 g/mol. The number of carbonyl (C=O) groups is 1. The van der Waals surface area contributed by atoms with Gasteiger partial charge < -0.3 is 9.64 Å². The lowest BCUT2D eigenvalue weighted by Gasteiger charge is -2.21. The summed E-state index contributed by atoms with van der Waals surface area (Å²) in [5, 5.41) is 0. The molecule has 0 spiro atoms. The summed E-state index contributed by atoms with van der Waals surface area (Å²) in [6.07, 6.45) is 1.85. The number of carbonyl (C=O) groups excluding carboxylic acids is 1. The minimum absolute atomic E-state index is 0.0759. The molecule has 1 aliphatic heterocycles. The Kier molecular flexibility index (Phi) is 4.84. The van der Waals surface area contributed by atoms with Crippen molar-refractivity contribution >= 4 is 15.9 Å². The Morgan fingerprint density at radius 2 is 1.76 bits per heavy atom. The summed E-state index contributed by atoms with van der Waals surface area (Å²) in [6, 6.07) is 6.93. The number of nitrogens with zero attached hydrogens (tertiary/aromatic N) is 2. The van der Waals surface area contributed by atoms with E-state index in [4.69, 9.17) is 4.74 Å². The molecule has 1 aromatic rings. The molecule has 0 radical (unpaired) electrons. The van der Waals surface area contributed by atoms with Crippen LogP contribution in [-0.2, 0) is 10.0 Å². The van der Waals surface area contributed by atoms with Gasteiger partial charge in [-0.15, -0.1) is 0 Å². The van der Waals surface area contributed by atoms with Crippen molar-refractivity contribution < 1.29 is 17.9 Å². The van der Waals surface area contributed by atoms with Gasteiger partial charge in [0.15, 0.2) is 0 Å². The molecule has 116 valence electrons. The van der Waals surface area contributed by atoms with Gasteiger partial charge in [0.1, 0.15) is 5.75 Å². The molecule has 1 amide bonds. The minimum Gasteiger partial charge on any atom is -0.497 e. The van der Waals surface area contributed by atoms with E-state index < -0.39 is 10.0 Å². The number of sulfonamides is 1. The van der Waals surface area contributed by atoms with Gasteiger partial charge in [-0.2, -0.15) is 0 Å². The predicted octanol–water partition coefficient (Wildman–Crippen LogP) is 0.803. The van der Waals surface area contributed by atoms with Crippen LogP contribution in [0.2, 0.25) is 0 Å². The van der Waals surface area contributed by atoms with Crippen LogP contribution in [0.3, 0.4) is 0 Å². The summed E-state index contributed by atoms with van der Waals surface area (Å²) in [6.45, 7) is 1.79. The lowest BCUT2D eigenvalue weighted by molar-refractivity contribution is 0.0764. The van der Waals surface area contributed by atoms with Gasteiger partial charge >= 0.3 is 0 Å². The fraction of sp³-hybridized carbons (Fsp3) is 0.500. The maximum absolute atomic E-state index is 12.4. The molecule has 0 unspecified atom stereocenters. The first-order valence-electron chi connectivity index (χ1n) is 6.80. The lowest BCUT2D eigenvalue weighted by atomic mass is 10.2. The zero-order valence-corrected chi connectivity index (χ0v) is 13.1. The molecular formula is C14H20N2O4S. The van der Waals surface area contributed by atoms with Crippen molar-refractivity contribution in [2.45, 2.75) is 6.42 Å². The number of ether oxygens (including phenoxy) is 1. The predicted molar refractivity (Wildman–Crippen MR) is 79.9 cm³/mol. The van der Waals surface area contributed by atoms with Crippen LogP contribution in [0.15, 0.2) is 24.3 Å². The second-order valence-corrected chi connectivity index (χ2v) is 7.02. The lowest BCUT2D eigenvalue weighted by Crippen LogP contribution is -2.36. The van der Waals surface area contributed by atoms with Crippen LogP contribution in [0.1, 0.15) is 16.8 Å². The highest BCUT2D eigenvalue weighted by atomic mass is 32.2. The van der Waals surface area contributed by atoms with Crippen molar-refractivity contribution in [1.82, 2.24) is 9.21 Å². The Labute approximate surface area is 125 Å². The summed E-state index contributed by atoms with van der Waals surface area (Å²) in [5.41, 5.74) is 0.587. The average Bonchev–Trinajstić information content (AvgIpc) is 2.72. The zero-order chi connectivity index (χ0) is 15.5. The number of hydrogen-bond acceptors (Lipinski definition) is 4. The van der Waals surface area contributed by atoms with Crippen LogP contribution in [-0.4, -0.2) is 63.1 Å². The van der Waals surface area contributed by atoms with Crippen LogP contribution in [0.4, 0.5) is 0 Å². The Bertz CT molecular complexity index is 598.